The largest absolute Gasteiger partial charge is 0.449 e. The molecule has 1 unspecified atom stereocenters. The van der Waals surface area contributed by atoms with Crippen LogP contribution in [0.1, 0.15) is 22.8 Å². The number of carbonyl (C=O) groups excluding carboxylic acids is 2. The quantitative estimate of drug-likeness (QED) is 0.629. The average Bonchev–Trinajstić information content (AvgIpc) is 2.74. The first kappa shape index (κ1) is 21.7. The number of hydrogen-bond donors (Lipinski definition) is 0. The predicted octanol–water partition coefficient (Wildman–Crippen LogP) is 0.420. The van der Waals surface area contributed by atoms with E-state index in [0.29, 0.717) is 45.1 Å². The van der Waals surface area contributed by atoms with E-state index in [-0.39, 0.29) is 29.5 Å². The van der Waals surface area contributed by atoms with E-state index in [2.05, 4.69) is 0 Å². The topological polar surface area (TPSA) is 102 Å². The summed E-state index contributed by atoms with van der Waals surface area (Å²) in [5, 5.41) is 0. The maximum absolute atomic E-state index is 12.9. The highest BCUT2D eigenvalue weighted by molar-refractivity contribution is 7.89. The molecule has 2 aliphatic rings. The molecule has 0 aliphatic carbocycles. The number of benzene rings is 1. The molecule has 9 nitrogen and oxygen atoms in total. The van der Waals surface area contributed by atoms with Crippen LogP contribution in [0.5, 0.6) is 0 Å². The molecule has 0 bridgehead atoms. The van der Waals surface area contributed by atoms with Crippen LogP contribution in [0.25, 0.3) is 0 Å². The van der Waals surface area contributed by atoms with Crippen LogP contribution in [0.3, 0.4) is 0 Å². The fourth-order valence-corrected chi connectivity index (χ4v) is 4.67. The van der Waals surface area contributed by atoms with E-state index in [1.54, 1.807) is 17.9 Å². The molecule has 3 rings (SSSR count). The standard InChI is InChI=1S/C19H26N2O7S/c1-14-3-4-16(29(24,25)21-7-11-27-12-8-21)13-17(14)19(23)28-15(2)18(22)20-5-9-26-10-6-20/h3-4,13,15H,5-12H2,1-2H3. The van der Waals surface area contributed by atoms with Gasteiger partial charge in [-0.05, 0) is 31.5 Å². The van der Waals surface area contributed by atoms with E-state index in [4.69, 9.17) is 14.2 Å². The number of amides is 1. The van der Waals surface area contributed by atoms with Gasteiger partial charge in [0.2, 0.25) is 10.0 Å². The lowest BCUT2D eigenvalue weighted by molar-refractivity contribution is -0.143. The van der Waals surface area contributed by atoms with Gasteiger partial charge in [-0.1, -0.05) is 6.07 Å². The molecule has 1 atom stereocenters. The molecule has 2 aliphatic heterocycles. The van der Waals surface area contributed by atoms with E-state index in [1.807, 2.05) is 0 Å². The van der Waals surface area contributed by atoms with Gasteiger partial charge in [0.15, 0.2) is 6.10 Å². The summed E-state index contributed by atoms with van der Waals surface area (Å²) in [5.41, 5.74) is 0.697. The Balaban J connectivity index is 1.74. The molecule has 10 heteroatoms. The van der Waals surface area contributed by atoms with Crippen LogP contribution < -0.4 is 0 Å². The SMILES string of the molecule is Cc1ccc(S(=O)(=O)N2CCOCC2)cc1C(=O)OC(C)C(=O)N1CCOCC1. The van der Waals surface area contributed by atoms with Crippen molar-refractivity contribution in [3.63, 3.8) is 0 Å². The van der Waals surface area contributed by atoms with E-state index < -0.39 is 22.1 Å². The molecule has 0 N–H and O–H groups in total. The monoisotopic (exact) mass is 426 g/mol. The van der Waals surface area contributed by atoms with E-state index in [9.17, 15) is 18.0 Å². The van der Waals surface area contributed by atoms with Gasteiger partial charge in [0.05, 0.1) is 36.9 Å². The van der Waals surface area contributed by atoms with Gasteiger partial charge in [-0.2, -0.15) is 4.31 Å². The Labute approximate surface area is 170 Å². The van der Waals surface area contributed by atoms with Crippen LogP contribution in [-0.4, -0.2) is 88.2 Å². The Hall–Kier alpha value is -2.01. The molecule has 29 heavy (non-hydrogen) atoms. The molecule has 2 fully saturated rings. The molecule has 1 aromatic rings. The molecule has 0 spiro atoms. The number of esters is 1. The van der Waals surface area contributed by atoms with Crippen LogP contribution in [-0.2, 0) is 29.0 Å². The normalized spacial score (nSPS) is 19.6. The van der Waals surface area contributed by atoms with Gasteiger partial charge in [0.1, 0.15) is 0 Å². The van der Waals surface area contributed by atoms with Crippen molar-refractivity contribution in [3.05, 3.63) is 29.3 Å². The van der Waals surface area contributed by atoms with Crippen LogP contribution in [0.2, 0.25) is 0 Å². The fourth-order valence-electron chi connectivity index (χ4n) is 3.23. The van der Waals surface area contributed by atoms with Crippen LogP contribution in [0, 0.1) is 6.92 Å². The Kier molecular flexibility index (Phi) is 6.89. The summed E-state index contributed by atoms with van der Waals surface area (Å²) in [7, 11) is -3.74. The van der Waals surface area contributed by atoms with Crippen molar-refractivity contribution in [1.82, 2.24) is 9.21 Å². The zero-order valence-corrected chi connectivity index (χ0v) is 17.4. The Morgan fingerprint density at radius 1 is 1.03 bits per heavy atom. The van der Waals surface area contributed by atoms with Crippen LogP contribution in [0.4, 0.5) is 0 Å². The first-order chi connectivity index (χ1) is 13.8. The minimum Gasteiger partial charge on any atom is -0.449 e. The summed E-state index contributed by atoms with van der Waals surface area (Å²) in [5.74, 6) is -1.02. The van der Waals surface area contributed by atoms with Gasteiger partial charge < -0.3 is 19.1 Å². The predicted molar refractivity (Wildman–Crippen MR) is 103 cm³/mol. The fraction of sp³-hybridized carbons (Fsp3) is 0.579. The lowest BCUT2D eigenvalue weighted by Crippen LogP contribution is -2.46. The number of sulfonamides is 1. The van der Waals surface area contributed by atoms with Gasteiger partial charge in [-0.3, -0.25) is 4.79 Å². The van der Waals surface area contributed by atoms with Crippen molar-refractivity contribution in [3.8, 4) is 0 Å². The van der Waals surface area contributed by atoms with Crippen molar-refractivity contribution in [2.45, 2.75) is 24.8 Å². The van der Waals surface area contributed by atoms with Crippen LogP contribution in [0.15, 0.2) is 23.1 Å². The van der Waals surface area contributed by atoms with E-state index >= 15 is 0 Å². The Morgan fingerprint density at radius 3 is 2.24 bits per heavy atom. The first-order valence-corrected chi connectivity index (χ1v) is 11.0. The highest BCUT2D eigenvalue weighted by atomic mass is 32.2. The molecule has 2 saturated heterocycles. The van der Waals surface area contributed by atoms with Gasteiger partial charge in [0, 0.05) is 26.2 Å². The number of ether oxygens (including phenoxy) is 3. The molecule has 0 aromatic heterocycles. The van der Waals surface area contributed by atoms with Crippen molar-refractivity contribution < 1.29 is 32.2 Å². The van der Waals surface area contributed by atoms with Gasteiger partial charge in [0.25, 0.3) is 5.91 Å². The summed E-state index contributed by atoms with van der Waals surface area (Å²) < 4.78 is 42.8. The second-order valence-electron chi connectivity index (χ2n) is 6.98. The average molecular weight is 426 g/mol. The van der Waals surface area contributed by atoms with Crippen LogP contribution >= 0.6 is 0 Å². The molecule has 2 heterocycles. The number of aryl methyl sites for hydroxylation is 1. The highest BCUT2D eigenvalue weighted by Crippen LogP contribution is 2.21. The molecule has 1 amide bonds. The zero-order valence-electron chi connectivity index (χ0n) is 16.6. The van der Waals surface area contributed by atoms with E-state index in [1.165, 1.54) is 23.4 Å². The molecule has 1 aromatic carbocycles. The summed E-state index contributed by atoms with van der Waals surface area (Å²) in [6, 6.07) is 4.35. The smallest absolute Gasteiger partial charge is 0.339 e. The number of hydrogen-bond acceptors (Lipinski definition) is 7. The summed E-state index contributed by atoms with van der Waals surface area (Å²) in [6.45, 7) is 6.21. The van der Waals surface area contributed by atoms with Gasteiger partial charge in [-0.25, -0.2) is 13.2 Å². The summed E-state index contributed by atoms with van der Waals surface area (Å²) in [6.07, 6.45) is -0.973. The first-order valence-electron chi connectivity index (χ1n) is 9.57. The second-order valence-corrected chi connectivity index (χ2v) is 8.92. The Bertz CT molecular complexity index is 859. The van der Waals surface area contributed by atoms with Crippen molar-refractivity contribution >= 4 is 21.9 Å². The third-order valence-electron chi connectivity index (χ3n) is 4.99. The lowest BCUT2D eigenvalue weighted by atomic mass is 10.1. The summed E-state index contributed by atoms with van der Waals surface area (Å²) >= 11 is 0. The van der Waals surface area contributed by atoms with Crippen molar-refractivity contribution in [1.29, 1.82) is 0 Å². The number of morpholine rings is 2. The van der Waals surface area contributed by atoms with Crippen molar-refractivity contribution in [2.75, 3.05) is 52.6 Å². The molecular weight excluding hydrogens is 400 g/mol. The number of nitrogens with zero attached hydrogens (tertiary/aromatic N) is 2. The number of carbonyl (C=O) groups is 2. The zero-order chi connectivity index (χ0) is 21.0. The van der Waals surface area contributed by atoms with Gasteiger partial charge in [-0.15, -0.1) is 0 Å². The molecule has 0 saturated carbocycles. The minimum atomic E-state index is -3.74. The molecule has 0 radical (unpaired) electrons. The highest BCUT2D eigenvalue weighted by Gasteiger charge is 2.29. The maximum Gasteiger partial charge on any atom is 0.339 e. The lowest BCUT2D eigenvalue weighted by Gasteiger charge is -2.29. The van der Waals surface area contributed by atoms with E-state index in [0.717, 1.165) is 0 Å². The second kappa shape index (κ2) is 9.21. The number of rotatable bonds is 5. The maximum atomic E-state index is 12.9. The van der Waals surface area contributed by atoms with Crippen molar-refractivity contribution in [2.24, 2.45) is 0 Å². The Morgan fingerprint density at radius 2 is 1.62 bits per heavy atom. The third kappa shape index (κ3) is 4.95. The summed E-state index contributed by atoms with van der Waals surface area (Å²) in [4.78, 5) is 26.7. The molecule has 160 valence electrons. The minimum absolute atomic E-state index is 0.0177. The molecular formula is C19H26N2O7S. The third-order valence-corrected chi connectivity index (χ3v) is 6.89. The van der Waals surface area contributed by atoms with Gasteiger partial charge >= 0.3 is 5.97 Å².